The quantitative estimate of drug-likeness (QED) is 0.351. The van der Waals surface area contributed by atoms with Gasteiger partial charge in [-0.3, -0.25) is 9.36 Å². The fourth-order valence-electron chi connectivity index (χ4n) is 4.47. The number of hydrogen-bond acceptors (Lipinski definition) is 7. The lowest BCUT2D eigenvalue weighted by molar-refractivity contribution is -0.147. The molecule has 0 N–H and O–H groups in total. The largest absolute Gasteiger partial charge is 0.481 e. The van der Waals surface area contributed by atoms with Crippen LogP contribution in [0.5, 0.6) is 5.88 Å². The number of pyridine rings is 1. The summed E-state index contributed by atoms with van der Waals surface area (Å²) >= 11 is 0. The van der Waals surface area contributed by atoms with E-state index in [0.717, 1.165) is 24.7 Å². The van der Waals surface area contributed by atoms with Gasteiger partial charge in [-0.15, -0.1) is 0 Å². The Morgan fingerprint density at radius 2 is 1.87 bits per heavy atom. The second kappa shape index (κ2) is 9.71. The highest BCUT2D eigenvalue weighted by Crippen LogP contribution is 2.39. The van der Waals surface area contributed by atoms with Crippen LogP contribution >= 0.6 is 0 Å². The topological polar surface area (TPSA) is 92.0 Å². The van der Waals surface area contributed by atoms with E-state index in [1.54, 1.807) is 18.3 Å². The van der Waals surface area contributed by atoms with Gasteiger partial charge in [-0.05, 0) is 36.6 Å². The van der Waals surface area contributed by atoms with E-state index in [-0.39, 0.29) is 17.1 Å². The summed E-state index contributed by atoms with van der Waals surface area (Å²) < 4.78 is 80.8. The number of benzene rings is 1. The van der Waals surface area contributed by atoms with E-state index in [4.69, 9.17) is 9.47 Å². The first-order chi connectivity index (χ1) is 18.1. The van der Waals surface area contributed by atoms with Crippen LogP contribution in [0.4, 0.5) is 22.0 Å². The van der Waals surface area contributed by atoms with E-state index >= 15 is 0 Å². The predicted molar refractivity (Wildman–Crippen MR) is 124 cm³/mol. The molecule has 0 unspecified atom stereocenters. The van der Waals surface area contributed by atoms with E-state index in [2.05, 4.69) is 19.9 Å². The minimum absolute atomic E-state index is 0.115. The maximum absolute atomic E-state index is 14.8. The molecule has 198 valence electrons. The molecule has 1 fully saturated rings. The Labute approximate surface area is 212 Å². The SMILES string of the molecule is COc1cc([C@H]2C[C@@H](c3nc(-c4ccc(F)cc4F)c4nc(C(F)(F)F)n(C)c(=O)c4n3)CCO2)ccn1. The minimum atomic E-state index is -4.97. The Hall–Kier alpha value is -4.00. The summed E-state index contributed by atoms with van der Waals surface area (Å²) in [6.07, 6.45) is -3.03. The van der Waals surface area contributed by atoms with Gasteiger partial charge in [-0.25, -0.2) is 28.7 Å². The molecule has 4 heterocycles. The van der Waals surface area contributed by atoms with Crippen molar-refractivity contribution in [1.29, 1.82) is 0 Å². The molecule has 1 aliphatic heterocycles. The molecule has 1 aromatic carbocycles. The van der Waals surface area contributed by atoms with Crippen LogP contribution in [0.15, 0.2) is 41.3 Å². The molecule has 5 rings (SSSR count). The van der Waals surface area contributed by atoms with Crippen LogP contribution < -0.4 is 10.3 Å². The lowest BCUT2D eigenvalue weighted by Gasteiger charge is -2.29. The maximum Gasteiger partial charge on any atom is 0.449 e. The summed E-state index contributed by atoms with van der Waals surface area (Å²) in [4.78, 5) is 29.5. The Kier molecular flexibility index (Phi) is 6.55. The highest BCUT2D eigenvalue weighted by molar-refractivity contribution is 5.88. The number of methoxy groups -OCH3 is 1. The molecule has 1 saturated heterocycles. The van der Waals surface area contributed by atoms with Crippen LogP contribution in [0, 0.1) is 11.6 Å². The fraction of sp³-hybridized carbons (Fsp3) is 0.320. The third kappa shape index (κ3) is 4.69. The number of fused-ring (bicyclic) bond motifs is 1. The summed E-state index contributed by atoms with van der Waals surface area (Å²) in [5.41, 5.74) is -1.87. The first-order valence-corrected chi connectivity index (χ1v) is 11.5. The Bertz CT molecular complexity index is 1590. The molecule has 8 nitrogen and oxygen atoms in total. The molecular weight excluding hydrogens is 513 g/mol. The van der Waals surface area contributed by atoms with E-state index in [0.29, 0.717) is 36.0 Å². The van der Waals surface area contributed by atoms with Gasteiger partial charge in [0, 0.05) is 43.5 Å². The van der Waals surface area contributed by atoms with Gasteiger partial charge in [-0.1, -0.05) is 0 Å². The van der Waals surface area contributed by atoms with Gasteiger partial charge in [0.2, 0.25) is 11.7 Å². The minimum Gasteiger partial charge on any atom is -0.481 e. The first kappa shape index (κ1) is 25.6. The lowest BCUT2D eigenvalue weighted by Crippen LogP contribution is -2.29. The zero-order valence-corrected chi connectivity index (χ0v) is 20.1. The first-order valence-electron chi connectivity index (χ1n) is 11.5. The van der Waals surface area contributed by atoms with Gasteiger partial charge in [-0.2, -0.15) is 13.2 Å². The number of aromatic nitrogens is 5. The monoisotopic (exact) mass is 533 g/mol. The summed E-state index contributed by atoms with van der Waals surface area (Å²) in [6, 6.07) is 6.04. The zero-order chi connectivity index (χ0) is 27.2. The molecule has 13 heteroatoms. The number of alkyl halides is 3. The molecule has 1 aliphatic rings. The smallest absolute Gasteiger partial charge is 0.449 e. The Morgan fingerprint density at radius 3 is 2.58 bits per heavy atom. The summed E-state index contributed by atoms with van der Waals surface area (Å²) in [5.74, 6) is -3.34. The Balaban J connectivity index is 1.68. The standard InChI is InChI=1S/C25H20F5N5O3/c1-35-23(36)21-20(34-24(35)25(28,29)30)19(15-4-3-14(26)11-16(15)27)32-22(33-21)13-6-8-38-17(9-13)12-5-7-31-18(10-12)37-2/h3-5,7,10-11,13,17H,6,8-9H2,1-2H3/t13-,17+/m0/s1. The van der Waals surface area contributed by atoms with Crippen LogP contribution in [-0.2, 0) is 18.0 Å². The molecule has 0 bridgehead atoms. The van der Waals surface area contributed by atoms with Gasteiger partial charge in [0.1, 0.15) is 28.7 Å². The summed E-state index contributed by atoms with van der Waals surface area (Å²) in [7, 11) is 2.41. The van der Waals surface area contributed by atoms with E-state index in [1.165, 1.54) is 7.11 Å². The fourth-order valence-corrected chi connectivity index (χ4v) is 4.47. The second-order valence-electron chi connectivity index (χ2n) is 8.76. The predicted octanol–water partition coefficient (Wildman–Crippen LogP) is 4.73. The van der Waals surface area contributed by atoms with Crippen LogP contribution in [0.25, 0.3) is 22.3 Å². The Morgan fingerprint density at radius 1 is 1.08 bits per heavy atom. The van der Waals surface area contributed by atoms with E-state index < -0.39 is 52.2 Å². The van der Waals surface area contributed by atoms with Gasteiger partial charge in [0.05, 0.1) is 13.2 Å². The highest BCUT2D eigenvalue weighted by Gasteiger charge is 2.38. The summed E-state index contributed by atoms with van der Waals surface area (Å²) in [5, 5.41) is 0. The highest BCUT2D eigenvalue weighted by atomic mass is 19.4. The van der Waals surface area contributed by atoms with Crippen molar-refractivity contribution in [2.24, 2.45) is 7.05 Å². The molecule has 4 aromatic rings. The van der Waals surface area contributed by atoms with Crippen molar-refractivity contribution >= 4 is 11.0 Å². The second-order valence-corrected chi connectivity index (χ2v) is 8.76. The average molecular weight is 533 g/mol. The van der Waals surface area contributed by atoms with Gasteiger partial charge in [0.25, 0.3) is 5.56 Å². The summed E-state index contributed by atoms with van der Waals surface area (Å²) in [6.45, 7) is 0.297. The van der Waals surface area contributed by atoms with Crippen molar-refractivity contribution in [1.82, 2.24) is 24.5 Å². The van der Waals surface area contributed by atoms with Crippen molar-refractivity contribution in [3.63, 3.8) is 0 Å². The van der Waals surface area contributed by atoms with Crippen LogP contribution in [0.3, 0.4) is 0 Å². The maximum atomic E-state index is 14.8. The van der Waals surface area contributed by atoms with Crippen molar-refractivity contribution < 1.29 is 31.4 Å². The van der Waals surface area contributed by atoms with Gasteiger partial charge < -0.3 is 9.47 Å². The molecule has 0 spiro atoms. The van der Waals surface area contributed by atoms with Crippen LogP contribution in [0.1, 0.15) is 42.1 Å². The van der Waals surface area contributed by atoms with Crippen molar-refractivity contribution in [3.8, 4) is 17.1 Å². The van der Waals surface area contributed by atoms with Crippen LogP contribution in [-0.4, -0.2) is 38.2 Å². The average Bonchev–Trinajstić information content (AvgIpc) is 2.90. The molecule has 0 radical (unpaired) electrons. The number of nitrogens with zero attached hydrogens (tertiary/aromatic N) is 5. The molecule has 2 atom stereocenters. The van der Waals surface area contributed by atoms with Crippen molar-refractivity contribution in [2.45, 2.75) is 31.0 Å². The number of ether oxygens (including phenoxy) is 2. The normalized spacial score (nSPS) is 18.1. The molecule has 38 heavy (non-hydrogen) atoms. The molecular formula is C25H20F5N5O3. The molecule has 0 aliphatic carbocycles. The third-order valence-corrected chi connectivity index (χ3v) is 6.37. The van der Waals surface area contributed by atoms with Gasteiger partial charge >= 0.3 is 6.18 Å². The number of rotatable bonds is 4. The third-order valence-electron chi connectivity index (χ3n) is 6.37. The van der Waals surface area contributed by atoms with E-state index in [1.807, 2.05) is 0 Å². The van der Waals surface area contributed by atoms with Gasteiger partial charge in [0.15, 0.2) is 5.52 Å². The number of halogens is 5. The molecule has 0 saturated carbocycles. The van der Waals surface area contributed by atoms with E-state index in [9.17, 15) is 26.7 Å². The molecule has 0 amide bonds. The zero-order valence-electron chi connectivity index (χ0n) is 20.1. The van der Waals surface area contributed by atoms with Crippen molar-refractivity contribution in [2.75, 3.05) is 13.7 Å². The number of hydrogen-bond donors (Lipinski definition) is 0. The molecule has 3 aromatic heterocycles. The van der Waals surface area contributed by atoms with Crippen LogP contribution in [0.2, 0.25) is 0 Å². The lowest BCUT2D eigenvalue weighted by atomic mass is 9.91. The van der Waals surface area contributed by atoms with Crippen molar-refractivity contribution in [3.05, 3.63) is 75.7 Å².